The van der Waals surface area contributed by atoms with Crippen molar-refractivity contribution in [3.05, 3.63) is 22.9 Å². The van der Waals surface area contributed by atoms with E-state index in [0.717, 1.165) is 0 Å². The Balaban J connectivity index is 2.79. The number of sulfonamides is 1. The van der Waals surface area contributed by atoms with E-state index >= 15 is 0 Å². The maximum absolute atomic E-state index is 11.9. The maximum atomic E-state index is 11.9. The molecule has 1 heterocycles. The second-order valence-corrected chi connectivity index (χ2v) is 6.65. The molecule has 1 aromatic rings. The molecule has 0 spiro atoms. The molecule has 0 saturated carbocycles. The van der Waals surface area contributed by atoms with Crippen LogP contribution in [0.25, 0.3) is 0 Å². The van der Waals surface area contributed by atoms with Gasteiger partial charge in [0.2, 0.25) is 10.0 Å². The van der Waals surface area contributed by atoms with Gasteiger partial charge in [0.05, 0.1) is 4.99 Å². The standard InChI is InChI=1S/C9H12BrN3O2S2/c1-6(9(11)16)3-13-17(14,15)8-2-7(10)4-12-5-8/h2,4-6,13H,3H2,1H3,(H2,11,16). The van der Waals surface area contributed by atoms with Gasteiger partial charge in [-0.1, -0.05) is 19.1 Å². The molecule has 0 bridgehead atoms. The molecule has 0 aliphatic carbocycles. The second kappa shape index (κ2) is 5.85. The monoisotopic (exact) mass is 337 g/mol. The molecule has 0 fully saturated rings. The van der Waals surface area contributed by atoms with Crippen LogP contribution < -0.4 is 10.5 Å². The number of nitrogens with zero attached hydrogens (tertiary/aromatic N) is 1. The van der Waals surface area contributed by atoms with E-state index in [9.17, 15) is 8.42 Å². The third-order valence-corrected chi connectivity index (χ3v) is 4.28. The fourth-order valence-electron chi connectivity index (χ4n) is 0.958. The molecule has 1 unspecified atom stereocenters. The van der Waals surface area contributed by atoms with E-state index in [0.29, 0.717) is 4.47 Å². The van der Waals surface area contributed by atoms with E-state index in [-0.39, 0.29) is 22.3 Å². The van der Waals surface area contributed by atoms with Crippen LogP contribution in [0.4, 0.5) is 0 Å². The predicted octanol–water partition coefficient (Wildman–Crippen LogP) is 1.04. The fraction of sp³-hybridized carbons (Fsp3) is 0.333. The van der Waals surface area contributed by atoms with Gasteiger partial charge in [-0.05, 0) is 22.0 Å². The van der Waals surface area contributed by atoms with Crippen LogP contribution in [-0.2, 0) is 10.0 Å². The summed E-state index contributed by atoms with van der Waals surface area (Å²) >= 11 is 7.93. The molecule has 5 nitrogen and oxygen atoms in total. The van der Waals surface area contributed by atoms with Gasteiger partial charge in [-0.25, -0.2) is 13.1 Å². The van der Waals surface area contributed by atoms with Crippen LogP contribution >= 0.6 is 28.1 Å². The average molecular weight is 338 g/mol. The first kappa shape index (κ1) is 14.5. The molecule has 94 valence electrons. The number of halogens is 1. The Hall–Kier alpha value is -0.570. The third kappa shape index (κ3) is 4.30. The fourth-order valence-corrected chi connectivity index (χ4v) is 2.68. The van der Waals surface area contributed by atoms with Crippen LogP contribution in [0.3, 0.4) is 0 Å². The number of hydrogen-bond acceptors (Lipinski definition) is 4. The lowest BCUT2D eigenvalue weighted by atomic mass is 10.2. The van der Waals surface area contributed by atoms with Crippen molar-refractivity contribution in [1.82, 2.24) is 9.71 Å². The van der Waals surface area contributed by atoms with Crippen molar-refractivity contribution in [2.45, 2.75) is 11.8 Å². The van der Waals surface area contributed by atoms with Crippen molar-refractivity contribution < 1.29 is 8.42 Å². The van der Waals surface area contributed by atoms with Crippen LogP contribution in [0.5, 0.6) is 0 Å². The van der Waals surface area contributed by atoms with Gasteiger partial charge in [0.1, 0.15) is 4.90 Å². The van der Waals surface area contributed by atoms with Crippen LogP contribution in [0.15, 0.2) is 27.8 Å². The highest BCUT2D eigenvalue weighted by atomic mass is 79.9. The van der Waals surface area contributed by atoms with Crippen molar-refractivity contribution in [2.75, 3.05) is 6.54 Å². The first-order valence-corrected chi connectivity index (χ1v) is 7.41. The predicted molar refractivity (Wildman–Crippen MR) is 73.1 cm³/mol. The molecule has 8 heteroatoms. The van der Waals surface area contributed by atoms with Gasteiger partial charge in [0, 0.05) is 29.3 Å². The first-order chi connectivity index (χ1) is 7.83. The highest BCUT2D eigenvalue weighted by Crippen LogP contribution is 2.14. The molecular weight excluding hydrogens is 326 g/mol. The maximum Gasteiger partial charge on any atom is 0.242 e. The third-order valence-electron chi connectivity index (χ3n) is 2.06. The van der Waals surface area contributed by atoms with Crippen LogP contribution in [0.1, 0.15) is 6.92 Å². The number of rotatable bonds is 5. The molecule has 0 aliphatic rings. The molecule has 0 amide bonds. The minimum absolute atomic E-state index is 0.0991. The van der Waals surface area contributed by atoms with Crippen molar-refractivity contribution in [1.29, 1.82) is 0 Å². The van der Waals surface area contributed by atoms with E-state index in [1.807, 2.05) is 0 Å². The first-order valence-electron chi connectivity index (χ1n) is 4.72. The molecule has 0 radical (unpaired) electrons. The Morgan fingerprint density at radius 3 is 2.82 bits per heavy atom. The summed E-state index contributed by atoms with van der Waals surface area (Å²) in [5.41, 5.74) is 5.40. The van der Waals surface area contributed by atoms with Crippen molar-refractivity contribution in [2.24, 2.45) is 11.7 Å². The molecule has 1 atom stereocenters. The molecule has 0 aromatic carbocycles. The Morgan fingerprint density at radius 2 is 2.29 bits per heavy atom. The zero-order valence-electron chi connectivity index (χ0n) is 9.05. The summed E-state index contributed by atoms with van der Waals surface area (Å²) in [4.78, 5) is 4.17. The molecule has 17 heavy (non-hydrogen) atoms. The molecular formula is C9H12BrN3O2S2. The van der Waals surface area contributed by atoms with Crippen molar-refractivity contribution in [3.8, 4) is 0 Å². The van der Waals surface area contributed by atoms with Gasteiger partial charge >= 0.3 is 0 Å². The largest absolute Gasteiger partial charge is 0.393 e. The highest BCUT2D eigenvalue weighted by molar-refractivity contribution is 9.10. The quantitative estimate of drug-likeness (QED) is 0.784. The van der Waals surface area contributed by atoms with Gasteiger partial charge in [0.25, 0.3) is 0 Å². The lowest BCUT2D eigenvalue weighted by Gasteiger charge is -2.11. The Bertz CT molecular complexity index is 519. The number of hydrogen-bond donors (Lipinski definition) is 2. The summed E-state index contributed by atoms with van der Waals surface area (Å²) < 4.78 is 26.7. The smallest absolute Gasteiger partial charge is 0.242 e. The second-order valence-electron chi connectivity index (χ2n) is 3.49. The number of nitrogens with two attached hydrogens (primary N) is 1. The van der Waals surface area contributed by atoms with Crippen LogP contribution in [0, 0.1) is 5.92 Å². The van der Waals surface area contributed by atoms with E-state index in [2.05, 4.69) is 25.6 Å². The summed E-state index contributed by atoms with van der Waals surface area (Å²) in [6, 6.07) is 1.47. The lowest BCUT2D eigenvalue weighted by molar-refractivity contribution is 0.574. The van der Waals surface area contributed by atoms with Gasteiger partial charge < -0.3 is 5.73 Å². The van der Waals surface area contributed by atoms with Gasteiger partial charge in [-0.15, -0.1) is 0 Å². The minimum atomic E-state index is -3.57. The summed E-state index contributed by atoms with van der Waals surface area (Å²) in [5, 5.41) is 0. The lowest BCUT2D eigenvalue weighted by Crippen LogP contribution is -2.33. The van der Waals surface area contributed by atoms with Crippen LogP contribution in [0.2, 0.25) is 0 Å². The number of thiocarbonyl (C=S) groups is 1. The summed E-state index contributed by atoms with van der Waals surface area (Å²) in [6.07, 6.45) is 2.79. The SMILES string of the molecule is CC(CNS(=O)(=O)c1cncc(Br)c1)C(N)=S. The van der Waals surface area contributed by atoms with E-state index in [1.54, 1.807) is 6.92 Å². The van der Waals surface area contributed by atoms with Crippen molar-refractivity contribution >= 4 is 43.2 Å². The molecule has 1 rings (SSSR count). The molecule has 0 aliphatic heterocycles. The zero-order chi connectivity index (χ0) is 13.1. The van der Waals surface area contributed by atoms with Crippen molar-refractivity contribution in [3.63, 3.8) is 0 Å². The molecule has 0 saturated heterocycles. The minimum Gasteiger partial charge on any atom is -0.393 e. The molecule has 1 aromatic heterocycles. The van der Waals surface area contributed by atoms with Gasteiger partial charge in [0.15, 0.2) is 0 Å². The number of aromatic nitrogens is 1. The summed E-state index contributed by atoms with van der Waals surface area (Å²) in [7, 11) is -3.57. The average Bonchev–Trinajstić information content (AvgIpc) is 2.26. The molecule has 3 N–H and O–H groups in total. The van der Waals surface area contributed by atoms with Gasteiger partial charge in [-0.3, -0.25) is 4.98 Å². The summed E-state index contributed by atoms with van der Waals surface area (Å²) in [6.45, 7) is 1.92. The zero-order valence-corrected chi connectivity index (χ0v) is 12.3. The highest BCUT2D eigenvalue weighted by Gasteiger charge is 2.16. The van der Waals surface area contributed by atoms with E-state index in [1.165, 1.54) is 18.5 Å². The van der Waals surface area contributed by atoms with E-state index in [4.69, 9.17) is 18.0 Å². The number of nitrogens with one attached hydrogen (secondary N) is 1. The number of pyridine rings is 1. The summed E-state index contributed by atoms with van der Waals surface area (Å²) in [5.74, 6) is -0.195. The topological polar surface area (TPSA) is 85.1 Å². The Morgan fingerprint density at radius 1 is 1.65 bits per heavy atom. The van der Waals surface area contributed by atoms with E-state index < -0.39 is 10.0 Å². The normalized spacial score (nSPS) is 13.3. The Labute approximate surface area is 114 Å². The van der Waals surface area contributed by atoms with Gasteiger partial charge in [-0.2, -0.15) is 0 Å². The Kier molecular flexibility index (Phi) is 4.99. The van der Waals surface area contributed by atoms with Crippen LogP contribution in [-0.4, -0.2) is 24.9 Å².